The van der Waals surface area contributed by atoms with Gasteiger partial charge in [0, 0.05) is 38.6 Å². The minimum atomic E-state index is -0.823. The highest BCUT2D eigenvalue weighted by molar-refractivity contribution is 5.78. The number of hydrogen-bond acceptors (Lipinski definition) is 6. The van der Waals surface area contributed by atoms with E-state index in [0.717, 1.165) is 18.4 Å². The highest BCUT2D eigenvalue weighted by Gasteiger charge is 2.29. The van der Waals surface area contributed by atoms with E-state index in [2.05, 4.69) is 19.2 Å². The SMILES string of the molecule is COCCCOc1cc(C[C@@H](C[C@H](N)[C@@H](O)C[C@H](C(=O)NCCc2ccccc2F)C(C)C)C(C)C)ccc1OC. The molecule has 0 aromatic heterocycles. The Morgan fingerprint density at radius 2 is 1.73 bits per heavy atom. The second-order valence-electron chi connectivity index (χ2n) is 11.6. The Kier molecular flexibility index (Phi) is 15.1. The highest BCUT2D eigenvalue weighted by atomic mass is 19.1. The first-order chi connectivity index (χ1) is 19.6. The minimum Gasteiger partial charge on any atom is -0.493 e. The lowest BCUT2D eigenvalue weighted by molar-refractivity contribution is -0.127. The number of nitrogens with two attached hydrogens (primary N) is 1. The van der Waals surface area contributed by atoms with Crippen LogP contribution >= 0.6 is 0 Å². The third kappa shape index (κ3) is 11.6. The number of rotatable bonds is 19. The molecular formula is C33H51FN2O5. The monoisotopic (exact) mass is 574 g/mol. The molecule has 4 N–H and O–H groups in total. The van der Waals surface area contributed by atoms with Gasteiger partial charge in [-0.15, -0.1) is 0 Å². The van der Waals surface area contributed by atoms with Crippen molar-refractivity contribution >= 4 is 5.91 Å². The lowest BCUT2D eigenvalue weighted by Crippen LogP contribution is -2.43. The Labute approximate surface area is 246 Å². The number of carbonyl (C=O) groups is 1. The van der Waals surface area contributed by atoms with Crippen molar-refractivity contribution in [3.63, 3.8) is 0 Å². The van der Waals surface area contributed by atoms with Crippen LogP contribution in [0.5, 0.6) is 11.5 Å². The van der Waals surface area contributed by atoms with Crippen molar-refractivity contribution in [2.75, 3.05) is 34.0 Å². The Hall–Kier alpha value is -2.68. The molecule has 7 nitrogen and oxygen atoms in total. The molecule has 2 rings (SSSR count). The first-order valence-electron chi connectivity index (χ1n) is 14.8. The van der Waals surface area contributed by atoms with Gasteiger partial charge in [-0.1, -0.05) is 52.0 Å². The number of aliphatic hydroxyl groups is 1. The van der Waals surface area contributed by atoms with Gasteiger partial charge in [-0.3, -0.25) is 4.79 Å². The normalized spacial score (nSPS) is 14.5. The summed E-state index contributed by atoms with van der Waals surface area (Å²) in [6, 6.07) is 12.1. The summed E-state index contributed by atoms with van der Waals surface area (Å²) in [5, 5.41) is 14.0. The predicted molar refractivity (Wildman–Crippen MR) is 162 cm³/mol. The van der Waals surface area contributed by atoms with Crippen LogP contribution in [0.4, 0.5) is 4.39 Å². The first-order valence-corrected chi connectivity index (χ1v) is 14.8. The van der Waals surface area contributed by atoms with Crippen LogP contribution in [0.2, 0.25) is 0 Å². The topological polar surface area (TPSA) is 103 Å². The molecule has 4 atom stereocenters. The number of halogens is 1. The van der Waals surface area contributed by atoms with Gasteiger partial charge >= 0.3 is 0 Å². The number of ether oxygens (including phenoxy) is 3. The molecule has 2 aromatic rings. The quantitative estimate of drug-likeness (QED) is 0.200. The molecule has 2 aromatic carbocycles. The van der Waals surface area contributed by atoms with Gasteiger partial charge in [0.1, 0.15) is 5.82 Å². The second kappa shape index (κ2) is 18.0. The van der Waals surface area contributed by atoms with Gasteiger partial charge in [0.2, 0.25) is 5.91 Å². The smallest absolute Gasteiger partial charge is 0.223 e. The minimum absolute atomic E-state index is 0.0211. The van der Waals surface area contributed by atoms with E-state index in [9.17, 15) is 14.3 Å². The van der Waals surface area contributed by atoms with E-state index < -0.39 is 18.1 Å². The molecule has 0 aliphatic carbocycles. The molecule has 0 radical (unpaired) electrons. The number of hydrogen-bond donors (Lipinski definition) is 3. The predicted octanol–water partition coefficient (Wildman–Crippen LogP) is 5.16. The van der Waals surface area contributed by atoms with Crippen LogP contribution in [0.25, 0.3) is 0 Å². The third-order valence-electron chi connectivity index (χ3n) is 7.78. The average molecular weight is 575 g/mol. The van der Waals surface area contributed by atoms with Crippen molar-refractivity contribution in [2.24, 2.45) is 29.4 Å². The van der Waals surface area contributed by atoms with E-state index in [-0.39, 0.29) is 30.0 Å². The lowest BCUT2D eigenvalue weighted by Gasteiger charge is -2.30. The molecule has 0 spiro atoms. The van der Waals surface area contributed by atoms with Crippen molar-refractivity contribution in [1.29, 1.82) is 0 Å². The highest BCUT2D eigenvalue weighted by Crippen LogP contribution is 2.31. The number of methoxy groups -OCH3 is 2. The molecule has 0 fully saturated rings. The molecule has 0 heterocycles. The van der Waals surface area contributed by atoms with Gasteiger partial charge in [0.15, 0.2) is 11.5 Å². The van der Waals surface area contributed by atoms with Gasteiger partial charge < -0.3 is 30.4 Å². The zero-order valence-corrected chi connectivity index (χ0v) is 25.7. The standard InChI is InChI=1S/C33H51FN2O5/c1-22(2)26(18-24-12-13-31(40-6)32(19-24)41-17-9-16-39-5)20-29(35)30(37)21-27(23(3)4)33(38)36-15-14-25-10-7-8-11-28(25)34/h7-8,10-13,19,22-23,26-27,29-30,37H,9,14-18,20-21,35H2,1-6H3,(H,36,38)/t26-,27-,29-,30-/m0/s1. The van der Waals surface area contributed by atoms with Crippen LogP contribution in [0, 0.1) is 29.5 Å². The molecule has 0 saturated heterocycles. The molecule has 0 bridgehead atoms. The molecule has 0 aliphatic heterocycles. The fraction of sp³-hybridized carbons (Fsp3) is 0.606. The first kappa shape index (κ1) is 34.5. The maximum absolute atomic E-state index is 13.9. The molecular weight excluding hydrogens is 523 g/mol. The summed E-state index contributed by atoms with van der Waals surface area (Å²) in [6.07, 6.45) is 2.04. The van der Waals surface area contributed by atoms with E-state index in [1.165, 1.54) is 6.07 Å². The third-order valence-corrected chi connectivity index (χ3v) is 7.78. The van der Waals surface area contributed by atoms with E-state index in [0.29, 0.717) is 55.6 Å². The summed E-state index contributed by atoms with van der Waals surface area (Å²) in [4.78, 5) is 13.0. The van der Waals surface area contributed by atoms with E-state index >= 15 is 0 Å². The van der Waals surface area contributed by atoms with Gasteiger partial charge in [-0.05, 0) is 72.8 Å². The maximum Gasteiger partial charge on any atom is 0.223 e. The summed E-state index contributed by atoms with van der Waals surface area (Å²) in [5.41, 5.74) is 8.22. The van der Waals surface area contributed by atoms with Crippen LogP contribution in [0.3, 0.4) is 0 Å². The molecule has 8 heteroatoms. The van der Waals surface area contributed by atoms with Crippen molar-refractivity contribution in [3.05, 3.63) is 59.4 Å². The van der Waals surface area contributed by atoms with Crippen LogP contribution in [0.15, 0.2) is 42.5 Å². The molecule has 0 unspecified atom stereocenters. The Morgan fingerprint density at radius 1 is 1.00 bits per heavy atom. The van der Waals surface area contributed by atoms with Crippen molar-refractivity contribution in [2.45, 2.75) is 71.9 Å². The molecule has 41 heavy (non-hydrogen) atoms. The van der Waals surface area contributed by atoms with Crippen LogP contribution in [-0.2, 0) is 22.4 Å². The summed E-state index contributed by atoms with van der Waals surface area (Å²) in [6.45, 7) is 9.76. The van der Waals surface area contributed by atoms with Crippen molar-refractivity contribution < 1.29 is 28.5 Å². The number of amides is 1. The van der Waals surface area contributed by atoms with Gasteiger partial charge in [-0.2, -0.15) is 0 Å². The van der Waals surface area contributed by atoms with Crippen LogP contribution in [-0.4, -0.2) is 57.1 Å². The van der Waals surface area contributed by atoms with Crippen LogP contribution in [0.1, 0.15) is 58.1 Å². The number of carbonyl (C=O) groups excluding carboxylic acids is 1. The second-order valence-corrected chi connectivity index (χ2v) is 11.6. The largest absolute Gasteiger partial charge is 0.493 e. The van der Waals surface area contributed by atoms with E-state index in [4.69, 9.17) is 19.9 Å². The van der Waals surface area contributed by atoms with Crippen LogP contribution < -0.4 is 20.5 Å². The van der Waals surface area contributed by atoms with Crippen molar-refractivity contribution in [3.8, 4) is 11.5 Å². The lowest BCUT2D eigenvalue weighted by atomic mass is 9.81. The zero-order valence-electron chi connectivity index (χ0n) is 25.7. The van der Waals surface area contributed by atoms with Gasteiger partial charge in [0.25, 0.3) is 0 Å². The fourth-order valence-corrected chi connectivity index (χ4v) is 5.02. The van der Waals surface area contributed by atoms with E-state index in [1.54, 1.807) is 32.4 Å². The zero-order chi connectivity index (χ0) is 30.4. The Bertz CT molecular complexity index is 1050. The summed E-state index contributed by atoms with van der Waals surface area (Å²) in [5.74, 6) is 1.16. The Morgan fingerprint density at radius 3 is 2.37 bits per heavy atom. The number of aliphatic hydroxyl groups excluding tert-OH is 1. The maximum atomic E-state index is 13.9. The molecule has 0 aliphatic rings. The summed E-state index contributed by atoms with van der Waals surface area (Å²) >= 11 is 0. The average Bonchev–Trinajstić information content (AvgIpc) is 2.94. The Balaban J connectivity index is 1.98. The summed E-state index contributed by atoms with van der Waals surface area (Å²) in [7, 11) is 3.30. The molecule has 230 valence electrons. The fourth-order valence-electron chi connectivity index (χ4n) is 5.02. The molecule has 0 saturated carbocycles. The van der Waals surface area contributed by atoms with E-state index in [1.807, 2.05) is 32.0 Å². The molecule has 1 amide bonds. The number of nitrogens with one attached hydrogen (secondary N) is 1. The number of benzene rings is 2. The van der Waals surface area contributed by atoms with Crippen molar-refractivity contribution in [1.82, 2.24) is 5.32 Å². The van der Waals surface area contributed by atoms with Gasteiger partial charge in [-0.25, -0.2) is 4.39 Å². The summed E-state index contributed by atoms with van der Waals surface area (Å²) < 4.78 is 30.4. The van der Waals surface area contributed by atoms with Gasteiger partial charge in [0.05, 0.1) is 19.8 Å².